The summed E-state index contributed by atoms with van der Waals surface area (Å²) in [5.41, 5.74) is 2.51. The highest BCUT2D eigenvalue weighted by Crippen LogP contribution is 2.42. The highest BCUT2D eigenvalue weighted by Gasteiger charge is 2.43. The molecule has 3 aliphatic heterocycles. The van der Waals surface area contributed by atoms with E-state index < -0.39 is 0 Å². The van der Waals surface area contributed by atoms with Gasteiger partial charge in [0.25, 0.3) is 5.91 Å². The van der Waals surface area contributed by atoms with E-state index in [-0.39, 0.29) is 11.9 Å². The second-order valence-corrected chi connectivity index (χ2v) is 10.4. The highest BCUT2D eigenvalue weighted by molar-refractivity contribution is 7.21. The van der Waals surface area contributed by atoms with Gasteiger partial charge in [0.1, 0.15) is 10.7 Å². The molecule has 1 atom stereocenters. The van der Waals surface area contributed by atoms with Gasteiger partial charge in [-0.05, 0) is 56.5 Å². The van der Waals surface area contributed by atoms with Crippen LogP contribution in [0, 0.1) is 5.41 Å². The number of benzene rings is 1. The van der Waals surface area contributed by atoms with Crippen LogP contribution in [0.15, 0.2) is 24.3 Å². The minimum atomic E-state index is 0.0188. The molecule has 1 spiro atoms. The number of carbonyl (C=O) groups is 1. The molecule has 170 valence electrons. The molecule has 6 nitrogen and oxygen atoms in total. The molecule has 7 heteroatoms. The van der Waals surface area contributed by atoms with Gasteiger partial charge in [-0.1, -0.05) is 13.8 Å². The number of nitrogens with zero attached hydrogens (tertiary/aromatic N) is 3. The Hall–Kier alpha value is -2.38. The first-order chi connectivity index (χ1) is 15.5. The Morgan fingerprint density at radius 3 is 2.59 bits per heavy atom. The van der Waals surface area contributed by atoms with E-state index >= 15 is 0 Å². The number of aromatic nitrogens is 1. The maximum atomic E-state index is 12.6. The molecule has 0 unspecified atom stereocenters. The van der Waals surface area contributed by atoms with Gasteiger partial charge in [0.15, 0.2) is 0 Å². The first-order valence-electron chi connectivity index (χ1n) is 11.9. The summed E-state index contributed by atoms with van der Waals surface area (Å²) in [6.07, 6.45) is 2.51. The van der Waals surface area contributed by atoms with Crippen molar-refractivity contribution in [3.63, 3.8) is 0 Å². The quantitative estimate of drug-likeness (QED) is 0.568. The van der Waals surface area contributed by atoms with E-state index in [1.54, 1.807) is 11.3 Å². The number of rotatable bonds is 1. The van der Waals surface area contributed by atoms with Gasteiger partial charge in [-0.3, -0.25) is 4.79 Å². The molecule has 2 N–H and O–H groups in total. The van der Waals surface area contributed by atoms with Crippen molar-refractivity contribution < 1.29 is 4.79 Å². The summed E-state index contributed by atoms with van der Waals surface area (Å²) >= 11 is 1.56. The van der Waals surface area contributed by atoms with Crippen molar-refractivity contribution in [2.24, 2.45) is 5.41 Å². The van der Waals surface area contributed by atoms with Crippen LogP contribution in [-0.2, 0) is 0 Å². The molecule has 2 fully saturated rings. The average molecular weight is 452 g/mol. The van der Waals surface area contributed by atoms with Crippen LogP contribution in [0.4, 0.5) is 11.5 Å². The lowest BCUT2D eigenvalue weighted by Gasteiger charge is -2.53. The number of hydrogen-bond acceptors (Lipinski definition) is 6. The predicted octanol–water partition coefficient (Wildman–Crippen LogP) is 4.55. The van der Waals surface area contributed by atoms with E-state index in [0.29, 0.717) is 5.41 Å². The number of piperidine rings is 1. The van der Waals surface area contributed by atoms with Crippen molar-refractivity contribution in [1.29, 1.82) is 0 Å². The molecule has 1 aromatic carbocycles. The molecule has 32 heavy (non-hydrogen) atoms. The zero-order valence-corrected chi connectivity index (χ0v) is 20.3. The number of hydrogen-bond donors (Lipinski definition) is 2. The van der Waals surface area contributed by atoms with Gasteiger partial charge in [0.05, 0.1) is 11.2 Å². The lowest BCUT2D eigenvalue weighted by molar-refractivity contribution is 0.00122. The number of anilines is 2. The van der Waals surface area contributed by atoms with Crippen LogP contribution in [0.1, 0.15) is 43.3 Å². The molecule has 0 bridgehead atoms. The zero-order chi connectivity index (χ0) is 22.5. The van der Waals surface area contributed by atoms with Crippen molar-refractivity contribution in [2.75, 3.05) is 50.0 Å². The fraction of sp³-hybridized carbons (Fsp3) is 0.520. The van der Waals surface area contributed by atoms with Crippen LogP contribution < -0.4 is 15.5 Å². The maximum absolute atomic E-state index is 12.6. The third-order valence-electron chi connectivity index (χ3n) is 7.03. The molecule has 5 heterocycles. The van der Waals surface area contributed by atoms with E-state index in [0.717, 1.165) is 57.0 Å². The summed E-state index contributed by atoms with van der Waals surface area (Å²) in [6, 6.07) is 8.69. The molecule has 0 radical (unpaired) electrons. The van der Waals surface area contributed by atoms with Crippen molar-refractivity contribution in [3.8, 4) is 0 Å². The minimum absolute atomic E-state index is 0.0188. The summed E-state index contributed by atoms with van der Waals surface area (Å²) in [7, 11) is 2.22. The van der Waals surface area contributed by atoms with Gasteiger partial charge < -0.3 is 20.4 Å². The number of nitrogens with one attached hydrogen (secondary N) is 2. The molecule has 0 aliphatic carbocycles. The maximum Gasteiger partial charge on any atom is 0.263 e. The molecule has 3 aromatic rings. The second kappa shape index (κ2) is 8.19. The number of fused-ring (bicyclic) bond motifs is 5. The molecular formula is C25H33N5OS. The Labute approximate surface area is 194 Å². The smallest absolute Gasteiger partial charge is 0.263 e. The summed E-state index contributed by atoms with van der Waals surface area (Å²) in [5, 5.41) is 8.82. The topological polar surface area (TPSA) is 60.5 Å². The van der Waals surface area contributed by atoms with Gasteiger partial charge in [-0.15, -0.1) is 11.3 Å². The summed E-state index contributed by atoms with van der Waals surface area (Å²) < 4.78 is 1.13. The van der Waals surface area contributed by atoms with Crippen LogP contribution in [0.2, 0.25) is 0 Å². The van der Waals surface area contributed by atoms with Crippen LogP contribution >= 0.6 is 11.3 Å². The molecular weight excluding hydrogens is 418 g/mol. The number of pyridine rings is 1. The SMILES string of the molecule is CC.C[C@@H]1CNc2c(sc3ccc4nc(N5CCC6(CC5)CN(C)C6)ccc4c23)C(=O)N1. The summed E-state index contributed by atoms with van der Waals surface area (Å²) in [4.78, 5) is 23.3. The Morgan fingerprint density at radius 2 is 1.88 bits per heavy atom. The molecule has 6 rings (SSSR count). The number of thiophene rings is 1. The Kier molecular flexibility index (Phi) is 5.50. The Bertz CT molecular complexity index is 1160. The van der Waals surface area contributed by atoms with E-state index in [9.17, 15) is 4.79 Å². The third kappa shape index (κ3) is 3.52. The standard InChI is InChI=1S/C23H27N5OS.C2H6/c1-14-11-24-20-19-15-3-6-18(28-9-7-23(8-10-28)12-27(2)13-23)26-16(15)4-5-17(19)30-21(20)22(29)25-14;1-2/h3-6,14,24H,7-13H2,1-2H3,(H,25,29);1-2H3/t14-;/m1./s1. The fourth-order valence-corrected chi connectivity index (χ4v) is 6.61. The van der Waals surface area contributed by atoms with Crippen LogP contribution in [0.25, 0.3) is 21.0 Å². The van der Waals surface area contributed by atoms with E-state index in [2.05, 4.69) is 51.7 Å². The lowest BCUT2D eigenvalue weighted by Crippen LogP contribution is -2.58. The first kappa shape index (κ1) is 21.5. The normalized spacial score (nSPS) is 22.4. The van der Waals surface area contributed by atoms with Gasteiger partial charge >= 0.3 is 0 Å². The summed E-state index contributed by atoms with van der Waals surface area (Å²) in [6.45, 7) is 11.4. The number of carbonyl (C=O) groups excluding carboxylic acids is 1. The van der Waals surface area contributed by atoms with Crippen molar-refractivity contribution in [2.45, 2.75) is 39.7 Å². The van der Waals surface area contributed by atoms with E-state index in [1.807, 2.05) is 20.8 Å². The van der Waals surface area contributed by atoms with Gasteiger partial charge in [-0.2, -0.15) is 0 Å². The second-order valence-electron chi connectivity index (χ2n) is 9.40. The average Bonchev–Trinajstić information content (AvgIpc) is 3.11. The van der Waals surface area contributed by atoms with E-state index in [1.165, 1.54) is 25.9 Å². The molecule has 1 amide bonds. The Morgan fingerprint density at radius 1 is 1.12 bits per heavy atom. The molecule has 2 aromatic heterocycles. The predicted molar refractivity (Wildman–Crippen MR) is 135 cm³/mol. The van der Waals surface area contributed by atoms with Gasteiger partial charge in [0, 0.05) is 54.2 Å². The number of amides is 1. The summed E-state index contributed by atoms with van der Waals surface area (Å²) in [5.74, 6) is 1.09. The first-order valence-corrected chi connectivity index (χ1v) is 12.7. The van der Waals surface area contributed by atoms with Crippen LogP contribution in [0.3, 0.4) is 0 Å². The highest BCUT2D eigenvalue weighted by atomic mass is 32.1. The van der Waals surface area contributed by atoms with E-state index in [4.69, 9.17) is 4.98 Å². The lowest BCUT2D eigenvalue weighted by atomic mass is 9.72. The Balaban J connectivity index is 0.00000105. The van der Waals surface area contributed by atoms with Gasteiger partial charge in [-0.25, -0.2) is 4.98 Å². The zero-order valence-electron chi connectivity index (χ0n) is 19.5. The fourth-order valence-electron chi connectivity index (χ4n) is 5.52. The van der Waals surface area contributed by atoms with Crippen LogP contribution in [-0.4, -0.2) is 61.6 Å². The monoisotopic (exact) mass is 451 g/mol. The van der Waals surface area contributed by atoms with Crippen molar-refractivity contribution in [3.05, 3.63) is 29.1 Å². The van der Waals surface area contributed by atoms with Crippen molar-refractivity contribution >= 4 is 49.7 Å². The molecule has 3 aliphatic rings. The van der Waals surface area contributed by atoms with Crippen molar-refractivity contribution in [1.82, 2.24) is 15.2 Å². The molecule has 0 saturated carbocycles. The largest absolute Gasteiger partial charge is 0.381 e. The third-order valence-corrected chi connectivity index (χ3v) is 8.19. The van der Waals surface area contributed by atoms with Gasteiger partial charge in [0.2, 0.25) is 0 Å². The molecule has 2 saturated heterocycles. The minimum Gasteiger partial charge on any atom is -0.381 e. The number of likely N-dealkylation sites (tertiary alicyclic amines) is 1. The van der Waals surface area contributed by atoms with Crippen LogP contribution in [0.5, 0.6) is 0 Å².